The van der Waals surface area contributed by atoms with Gasteiger partial charge in [-0.05, 0) is 23.7 Å². The van der Waals surface area contributed by atoms with E-state index in [0.29, 0.717) is 23.1 Å². The molecule has 2 aromatic heterocycles. The van der Waals surface area contributed by atoms with Crippen LogP contribution in [0.4, 0.5) is 0 Å². The first-order valence-electron chi connectivity index (χ1n) is 8.07. The Morgan fingerprint density at radius 1 is 1.12 bits per heavy atom. The maximum Gasteiger partial charge on any atom is 0.223 e. The zero-order valence-electron chi connectivity index (χ0n) is 14.5. The Kier molecular flexibility index (Phi) is 5.43. The molecule has 0 aliphatic rings. The fourth-order valence-electron chi connectivity index (χ4n) is 2.44. The number of hydrogen-bond acceptors (Lipinski definition) is 4. The van der Waals surface area contributed by atoms with Crippen LogP contribution in [-0.4, -0.2) is 34.4 Å². The lowest BCUT2D eigenvalue weighted by Gasteiger charge is -2.15. The molecule has 3 rings (SSSR count). The number of hydrogen-bond donors (Lipinski definition) is 0. The van der Waals surface area contributed by atoms with E-state index in [4.69, 9.17) is 27.9 Å². The highest BCUT2D eigenvalue weighted by Crippen LogP contribution is 2.31. The molecule has 0 amide bonds. The van der Waals surface area contributed by atoms with Crippen LogP contribution >= 0.6 is 23.2 Å². The Morgan fingerprint density at radius 2 is 1.88 bits per heavy atom. The lowest BCUT2D eigenvalue weighted by atomic mass is 10.1. The normalized spacial score (nSPS) is 12.0. The van der Waals surface area contributed by atoms with Crippen LogP contribution in [0.3, 0.4) is 0 Å². The molecule has 0 atom stereocenters. The van der Waals surface area contributed by atoms with Gasteiger partial charge in [-0.1, -0.05) is 49.4 Å². The fraction of sp³-hybridized carbons (Fsp3) is 0.353. The molecule has 1 aromatic carbocycles. The number of fused-ring (bicyclic) bond motifs is 1. The van der Waals surface area contributed by atoms with Gasteiger partial charge in [0, 0.05) is 20.1 Å². The number of benzene rings is 1. The van der Waals surface area contributed by atoms with Gasteiger partial charge < -0.3 is 4.74 Å². The van der Waals surface area contributed by atoms with Crippen molar-refractivity contribution in [2.24, 2.45) is 0 Å². The van der Waals surface area contributed by atoms with Crippen molar-refractivity contribution in [1.29, 1.82) is 0 Å². The van der Waals surface area contributed by atoms with Gasteiger partial charge in [-0.2, -0.15) is 5.10 Å². The Hall–Kier alpha value is -1.47. The van der Waals surface area contributed by atoms with Crippen molar-refractivity contribution in [3.05, 3.63) is 40.8 Å². The molecule has 0 saturated carbocycles. The van der Waals surface area contributed by atoms with E-state index in [0.717, 1.165) is 23.6 Å². The summed E-state index contributed by atoms with van der Waals surface area (Å²) in [4.78, 5) is 8.15. The predicted octanol–water partition coefficient (Wildman–Crippen LogP) is 5.11. The van der Waals surface area contributed by atoms with Crippen LogP contribution in [0.1, 0.15) is 0 Å². The van der Waals surface area contributed by atoms with E-state index in [2.05, 4.69) is 34.7 Å². The molecule has 0 N–H and O–H groups in total. The maximum atomic E-state index is 6.26. The van der Waals surface area contributed by atoms with Gasteiger partial charge >= 0.3 is 0 Å². The second kappa shape index (κ2) is 7.41. The molecule has 3 aromatic rings. The average Bonchev–Trinajstić information content (AvgIpc) is 2.92. The third kappa shape index (κ3) is 4.38. The number of halogens is 2. The van der Waals surface area contributed by atoms with Crippen molar-refractivity contribution >= 4 is 42.2 Å². The highest BCUT2D eigenvalue weighted by molar-refractivity contribution is 6.76. The van der Waals surface area contributed by atoms with Crippen LogP contribution in [0.5, 0.6) is 0 Å². The van der Waals surface area contributed by atoms with Gasteiger partial charge in [0.05, 0.1) is 16.7 Å². The van der Waals surface area contributed by atoms with E-state index in [1.165, 1.54) is 6.20 Å². The lowest BCUT2D eigenvalue weighted by molar-refractivity contribution is 0.0818. The van der Waals surface area contributed by atoms with Gasteiger partial charge in [-0.15, -0.1) is 0 Å². The Bertz CT molecular complexity index is 892. The molecule has 5 nitrogen and oxygen atoms in total. The third-order valence-electron chi connectivity index (χ3n) is 3.81. The third-order valence-corrected chi connectivity index (χ3v) is 5.97. The van der Waals surface area contributed by atoms with E-state index in [1.54, 1.807) is 0 Å². The molecule has 0 radical (unpaired) electrons. The minimum absolute atomic E-state index is 0.143. The summed E-state index contributed by atoms with van der Waals surface area (Å²) in [6, 6.07) is 9.04. The summed E-state index contributed by atoms with van der Waals surface area (Å²) in [6.45, 7) is 8.12. The first kappa shape index (κ1) is 18.3. The summed E-state index contributed by atoms with van der Waals surface area (Å²) in [6.07, 6.45) is 1.49. The van der Waals surface area contributed by atoms with Crippen LogP contribution in [0.25, 0.3) is 22.3 Å². The highest BCUT2D eigenvalue weighted by atomic mass is 35.5. The second-order valence-electron chi connectivity index (χ2n) is 7.05. The van der Waals surface area contributed by atoms with E-state index in [-0.39, 0.29) is 5.28 Å². The van der Waals surface area contributed by atoms with Crippen LogP contribution in [0, 0.1) is 0 Å². The molecule has 0 spiro atoms. The van der Waals surface area contributed by atoms with Crippen molar-refractivity contribution in [3.8, 4) is 11.4 Å². The quantitative estimate of drug-likeness (QED) is 0.331. The van der Waals surface area contributed by atoms with Gasteiger partial charge in [0.2, 0.25) is 5.28 Å². The summed E-state index contributed by atoms with van der Waals surface area (Å²) in [5.74, 6) is 0. The monoisotopic (exact) mass is 394 g/mol. The zero-order valence-corrected chi connectivity index (χ0v) is 17.0. The first-order valence-corrected chi connectivity index (χ1v) is 12.5. The van der Waals surface area contributed by atoms with Crippen molar-refractivity contribution in [1.82, 2.24) is 19.7 Å². The molecular weight excluding hydrogens is 375 g/mol. The molecule has 0 fully saturated rings. The summed E-state index contributed by atoms with van der Waals surface area (Å²) < 4.78 is 7.68. The van der Waals surface area contributed by atoms with Crippen LogP contribution in [0.2, 0.25) is 36.0 Å². The fourth-order valence-corrected chi connectivity index (χ4v) is 3.51. The number of aromatic nitrogens is 4. The second-order valence-corrected chi connectivity index (χ2v) is 13.4. The topological polar surface area (TPSA) is 52.8 Å². The van der Waals surface area contributed by atoms with Gasteiger partial charge in [0.25, 0.3) is 0 Å². The molecule has 0 unspecified atom stereocenters. The minimum Gasteiger partial charge on any atom is -0.360 e. The van der Waals surface area contributed by atoms with Crippen molar-refractivity contribution in [3.63, 3.8) is 0 Å². The van der Waals surface area contributed by atoms with E-state index in [1.807, 2.05) is 28.9 Å². The molecule has 0 aliphatic carbocycles. The first-order chi connectivity index (χ1) is 11.8. The Labute approximate surface area is 158 Å². The van der Waals surface area contributed by atoms with Crippen LogP contribution < -0.4 is 0 Å². The van der Waals surface area contributed by atoms with E-state index in [9.17, 15) is 0 Å². The molecule has 2 heterocycles. The summed E-state index contributed by atoms with van der Waals surface area (Å²) >= 11 is 12.2. The molecule has 0 saturated heterocycles. The summed E-state index contributed by atoms with van der Waals surface area (Å²) in [5, 5.41) is 6.18. The average molecular weight is 395 g/mol. The SMILES string of the molecule is C[Si](C)(C)CCOCn1nc(-c2nc(Cl)ncc2Cl)c2ccccc21. The zero-order chi connectivity index (χ0) is 18.0. The van der Waals surface area contributed by atoms with E-state index < -0.39 is 8.07 Å². The Morgan fingerprint density at radius 3 is 2.64 bits per heavy atom. The smallest absolute Gasteiger partial charge is 0.223 e. The van der Waals surface area contributed by atoms with Gasteiger partial charge in [0.1, 0.15) is 18.1 Å². The number of rotatable bonds is 6. The lowest BCUT2D eigenvalue weighted by Crippen LogP contribution is -2.22. The van der Waals surface area contributed by atoms with Crippen molar-refractivity contribution < 1.29 is 4.74 Å². The standard InChI is InChI=1S/C17H20Cl2N4OSi/c1-25(2,3)9-8-24-11-23-14-7-5-4-6-12(14)15(22-23)16-13(18)10-20-17(19)21-16/h4-7,10H,8-9,11H2,1-3H3. The van der Waals surface area contributed by atoms with Crippen LogP contribution in [0.15, 0.2) is 30.5 Å². The van der Waals surface area contributed by atoms with Crippen molar-refractivity contribution in [2.45, 2.75) is 32.4 Å². The molecule has 0 aliphatic heterocycles. The summed E-state index contributed by atoms with van der Waals surface area (Å²) in [7, 11) is -1.11. The van der Waals surface area contributed by atoms with Crippen molar-refractivity contribution in [2.75, 3.05) is 6.61 Å². The Balaban J connectivity index is 1.92. The van der Waals surface area contributed by atoms with E-state index >= 15 is 0 Å². The molecule has 132 valence electrons. The van der Waals surface area contributed by atoms with Gasteiger partial charge in [-0.3, -0.25) is 0 Å². The predicted molar refractivity (Wildman–Crippen MR) is 105 cm³/mol. The molecule has 25 heavy (non-hydrogen) atoms. The number of para-hydroxylation sites is 1. The molecular formula is C17H20Cl2N4OSi. The highest BCUT2D eigenvalue weighted by Gasteiger charge is 2.17. The number of nitrogens with zero attached hydrogens (tertiary/aromatic N) is 4. The summed E-state index contributed by atoms with van der Waals surface area (Å²) in [5.41, 5.74) is 2.17. The van der Waals surface area contributed by atoms with Gasteiger partial charge in [0.15, 0.2) is 0 Å². The largest absolute Gasteiger partial charge is 0.360 e. The molecule has 0 bridgehead atoms. The molecule has 8 heteroatoms. The maximum absolute atomic E-state index is 6.26. The van der Waals surface area contributed by atoms with Gasteiger partial charge in [-0.25, -0.2) is 14.6 Å². The number of ether oxygens (including phenoxy) is 1. The van der Waals surface area contributed by atoms with Crippen LogP contribution in [-0.2, 0) is 11.5 Å². The minimum atomic E-state index is -1.11.